The van der Waals surface area contributed by atoms with Crippen molar-refractivity contribution in [1.82, 2.24) is 24.8 Å². The lowest BCUT2D eigenvalue weighted by Gasteiger charge is -2.24. The number of morpholine rings is 1. The summed E-state index contributed by atoms with van der Waals surface area (Å²) in [6, 6.07) is 7.69. The molecule has 0 spiro atoms. The second-order valence-corrected chi connectivity index (χ2v) is 5.75. The van der Waals surface area contributed by atoms with Crippen molar-refractivity contribution in [2.75, 3.05) is 33.4 Å². The van der Waals surface area contributed by atoms with Crippen molar-refractivity contribution >= 4 is 0 Å². The molecule has 1 aliphatic heterocycles. The second kappa shape index (κ2) is 7.04. The Morgan fingerprint density at radius 1 is 1.20 bits per heavy atom. The minimum atomic E-state index is 0.462. The number of ether oxygens (including phenoxy) is 2. The summed E-state index contributed by atoms with van der Waals surface area (Å²) in [5.74, 6) is 1.88. The smallest absolute Gasteiger partial charge is 0.261 e. The highest BCUT2D eigenvalue weighted by atomic mass is 16.5. The lowest BCUT2D eigenvalue weighted by atomic mass is 10.3. The van der Waals surface area contributed by atoms with E-state index in [-0.39, 0.29) is 0 Å². The number of aromatic nitrogens is 4. The van der Waals surface area contributed by atoms with E-state index < -0.39 is 0 Å². The zero-order valence-corrected chi connectivity index (χ0v) is 14.0. The number of para-hydroxylation sites is 2. The lowest BCUT2D eigenvalue weighted by molar-refractivity contribution is 0.0327. The van der Waals surface area contributed by atoms with Gasteiger partial charge in [0.1, 0.15) is 11.4 Å². The summed E-state index contributed by atoms with van der Waals surface area (Å²) >= 11 is 0. The van der Waals surface area contributed by atoms with Gasteiger partial charge in [-0.25, -0.2) is 4.68 Å². The molecule has 1 fully saturated rings. The van der Waals surface area contributed by atoms with Gasteiger partial charge in [0.2, 0.25) is 0 Å². The van der Waals surface area contributed by atoms with Crippen LogP contribution in [0, 0.1) is 0 Å². The van der Waals surface area contributed by atoms with Gasteiger partial charge < -0.3 is 14.0 Å². The maximum Gasteiger partial charge on any atom is 0.261 e. The number of rotatable bonds is 5. The van der Waals surface area contributed by atoms with Crippen LogP contribution >= 0.6 is 0 Å². The summed E-state index contributed by atoms with van der Waals surface area (Å²) in [7, 11) is 1.64. The summed E-state index contributed by atoms with van der Waals surface area (Å²) in [5.41, 5.74) is 1.62. The third-order valence-electron chi connectivity index (χ3n) is 4.10. The minimum absolute atomic E-state index is 0.462. The first-order valence-corrected chi connectivity index (χ1v) is 8.14. The summed E-state index contributed by atoms with van der Waals surface area (Å²) in [4.78, 5) is 6.73. The van der Waals surface area contributed by atoms with E-state index in [1.807, 2.05) is 30.5 Å². The van der Waals surface area contributed by atoms with E-state index in [0.29, 0.717) is 18.3 Å². The largest absolute Gasteiger partial charge is 0.494 e. The van der Waals surface area contributed by atoms with Crippen LogP contribution < -0.4 is 4.74 Å². The van der Waals surface area contributed by atoms with E-state index in [9.17, 15) is 0 Å². The zero-order valence-electron chi connectivity index (χ0n) is 14.0. The standard InChI is InChI=1S/C17H19N5O3/c1-23-15-5-3-2-4-14(15)22-11-13(10-18-22)17-19-16(20-25-17)12-21-6-8-24-9-7-21/h2-5,10-11H,6-9,12H2,1H3. The van der Waals surface area contributed by atoms with Crippen LogP contribution in [0.4, 0.5) is 0 Å². The molecule has 8 nitrogen and oxygen atoms in total. The molecule has 1 aliphatic rings. The van der Waals surface area contributed by atoms with Crippen LogP contribution in [0.3, 0.4) is 0 Å². The minimum Gasteiger partial charge on any atom is -0.494 e. The fourth-order valence-corrected chi connectivity index (χ4v) is 2.78. The first-order valence-electron chi connectivity index (χ1n) is 8.14. The van der Waals surface area contributed by atoms with Gasteiger partial charge in [-0.2, -0.15) is 10.1 Å². The third kappa shape index (κ3) is 3.40. The van der Waals surface area contributed by atoms with Gasteiger partial charge in [-0.1, -0.05) is 17.3 Å². The van der Waals surface area contributed by atoms with E-state index in [0.717, 1.165) is 43.3 Å². The molecule has 0 radical (unpaired) electrons. The SMILES string of the molecule is COc1ccccc1-n1cc(-c2nc(CN3CCOCC3)no2)cn1. The van der Waals surface area contributed by atoms with Gasteiger partial charge in [0.15, 0.2) is 5.82 Å². The van der Waals surface area contributed by atoms with Crippen molar-refractivity contribution in [3.63, 3.8) is 0 Å². The van der Waals surface area contributed by atoms with Crippen molar-refractivity contribution in [3.8, 4) is 22.9 Å². The van der Waals surface area contributed by atoms with Gasteiger partial charge in [-0.3, -0.25) is 4.90 Å². The topological polar surface area (TPSA) is 78.4 Å². The van der Waals surface area contributed by atoms with Crippen LogP contribution in [-0.2, 0) is 11.3 Å². The molecule has 2 aromatic heterocycles. The predicted molar refractivity (Wildman–Crippen MR) is 89.5 cm³/mol. The Morgan fingerprint density at radius 2 is 2.04 bits per heavy atom. The molecule has 0 atom stereocenters. The van der Waals surface area contributed by atoms with E-state index in [2.05, 4.69) is 20.1 Å². The van der Waals surface area contributed by atoms with E-state index in [4.69, 9.17) is 14.0 Å². The van der Waals surface area contributed by atoms with Crippen molar-refractivity contribution in [2.24, 2.45) is 0 Å². The van der Waals surface area contributed by atoms with Gasteiger partial charge in [-0.15, -0.1) is 0 Å². The van der Waals surface area contributed by atoms with E-state index >= 15 is 0 Å². The highest BCUT2D eigenvalue weighted by Gasteiger charge is 2.16. The second-order valence-electron chi connectivity index (χ2n) is 5.75. The maximum atomic E-state index is 5.39. The third-order valence-corrected chi connectivity index (χ3v) is 4.10. The molecular formula is C17H19N5O3. The molecule has 4 rings (SSSR count). The average molecular weight is 341 g/mol. The number of hydrogen-bond donors (Lipinski definition) is 0. The Morgan fingerprint density at radius 3 is 2.88 bits per heavy atom. The van der Waals surface area contributed by atoms with Crippen molar-refractivity contribution < 1.29 is 14.0 Å². The monoisotopic (exact) mass is 341 g/mol. The molecule has 0 aliphatic carbocycles. The Bertz CT molecular complexity index is 838. The average Bonchev–Trinajstić information content (AvgIpc) is 3.32. The summed E-state index contributed by atoms with van der Waals surface area (Å²) in [6.07, 6.45) is 3.56. The molecular weight excluding hydrogens is 322 g/mol. The first kappa shape index (κ1) is 15.8. The Labute approximate surface area is 145 Å². The summed E-state index contributed by atoms with van der Waals surface area (Å²) in [5, 5.41) is 8.45. The molecule has 0 bridgehead atoms. The molecule has 1 saturated heterocycles. The van der Waals surface area contributed by atoms with E-state index in [1.54, 1.807) is 18.0 Å². The Kier molecular flexibility index (Phi) is 4.45. The van der Waals surface area contributed by atoms with Gasteiger partial charge in [0, 0.05) is 19.3 Å². The molecule has 3 aromatic rings. The fourth-order valence-electron chi connectivity index (χ4n) is 2.78. The highest BCUT2D eigenvalue weighted by Crippen LogP contribution is 2.24. The van der Waals surface area contributed by atoms with Crippen LogP contribution in [0.1, 0.15) is 5.82 Å². The van der Waals surface area contributed by atoms with Crippen molar-refractivity contribution in [3.05, 3.63) is 42.5 Å². The van der Waals surface area contributed by atoms with Crippen LogP contribution in [0.2, 0.25) is 0 Å². The van der Waals surface area contributed by atoms with Gasteiger partial charge >= 0.3 is 0 Å². The van der Waals surface area contributed by atoms with Crippen LogP contribution in [-0.4, -0.2) is 58.2 Å². The van der Waals surface area contributed by atoms with E-state index in [1.165, 1.54) is 0 Å². The molecule has 0 saturated carbocycles. The zero-order chi connectivity index (χ0) is 17.1. The number of methoxy groups -OCH3 is 1. The fraction of sp³-hybridized carbons (Fsp3) is 0.353. The molecule has 8 heteroatoms. The number of benzene rings is 1. The molecule has 3 heterocycles. The predicted octanol–water partition coefficient (Wildman–Crippen LogP) is 1.76. The summed E-state index contributed by atoms with van der Waals surface area (Å²) in [6.45, 7) is 3.92. The lowest BCUT2D eigenvalue weighted by Crippen LogP contribution is -2.35. The molecule has 0 amide bonds. The van der Waals surface area contributed by atoms with Crippen LogP contribution in [0.25, 0.3) is 17.1 Å². The Hall–Kier alpha value is -2.71. The van der Waals surface area contributed by atoms with Gasteiger partial charge in [0.25, 0.3) is 5.89 Å². The number of nitrogens with zero attached hydrogens (tertiary/aromatic N) is 5. The maximum absolute atomic E-state index is 5.39. The van der Waals surface area contributed by atoms with Crippen molar-refractivity contribution in [1.29, 1.82) is 0 Å². The Balaban J connectivity index is 1.52. The molecule has 1 aromatic carbocycles. The molecule has 0 N–H and O–H groups in total. The first-order chi connectivity index (χ1) is 12.3. The molecule has 25 heavy (non-hydrogen) atoms. The normalized spacial score (nSPS) is 15.4. The summed E-state index contributed by atoms with van der Waals surface area (Å²) < 4.78 is 17.9. The van der Waals surface area contributed by atoms with Crippen LogP contribution in [0.5, 0.6) is 5.75 Å². The molecule has 0 unspecified atom stereocenters. The molecule has 130 valence electrons. The highest BCUT2D eigenvalue weighted by molar-refractivity contribution is 5.53. The number of hydrogen-bond acceptors (Lipinski definition) is 7. The van der Waals surface area contributed by atoms with Crippen LogP contribution in [0.15, 0.2) is 41.2 Å². The van der Waals surface area contributed by atoms with Gasteiger partial charge in [0.05, 0.1) is 38.6 Å². The quantitative estimate of drug-likeness (QED) is 0.700. The van der Waals surface area contributed by atoms with Gasteiger partial charge in [-0.05, 0) is 12.1 Å². The van der Waals surface area contributed by atoms with Crippen molar-refractivity contribution in [2.45, 2.75) is 6.54 Å².